The number of amides is 2. The van der Waals surface area contributed by atoms with E-state index < -0.39 is 24.0 Å². The standard InChI is InChI=1S/C19H36N2O4/c1-5-6-7-8-9-10-11-12-13-16(22)20-15(4)18(23)21-17(14(2)3)19(24)25/h14-15,17H,5-13H2,1-4H3,(H,20,22)(H,21,23)(H,24,25)/t15-,17-/m0/s1. The molecule has 0 aliphatic rings. The highest BCUT2D eigenvalue weighted by atomic mass is 16.4. The second-order valence-corrected chi connectivity index (χ2v) is 7.08. The van der Waals surface area contributed by atoms with Crippen LogP contribution in [0.3, 0.4) is 0 Å². The highest BCUT2D eigenvalue weighted by Gasteiger charge is 2.26. The molecule has 0 heterocycles. The quantitative estimate of drug-likeness (QED) is 0.416. The maximum atomic E-state index is 12.0. The topological polar surface area (TPSA) is 95.5 Å². The summed E-state index contributed by atoms with van der Waals surface area (Å²) in [4.78, 5) is 35.0. The summed E-state index contributed by atoms with van der Waals surface area (Å²) < 4.78 is 0. The predicted molar refractivity (Wildman–Crippen MR) is 99.2 cm³/mol. The number of nitrogens with one attached hydrogen (secondary N) is 2. The molecule has 2 amide bonds. The Morgan fingerprint density at radius 2 is 1.36 bits per heavy atom. The van der Waals surface area contributed by atoms with Crippen LogP contribution in [-0.2, 0) is 14.4 Å². The molecule has 0 aromatic rings. The number of unbranched alkanes of at least 4 members (excludes halogenated alkanes) is 7. The lowest BCUT2D eigenvalue weighted by Crippen LogP contribution is -2.52. The predicted octanol–water partition coefficient (Wildman–Crippen LogP) is 3.25. The fourth-order valence-electron chi connectivity index (χ4n) is 2.59. The van der Waals surface area contributed by atoms with E-state index in [2.05, 4.69) is 17.6 Å². The Labute approximate surface area is 152 Å². The van der Waals surface area contributed by atoms with E-state index in [1.807, 2.05) is 0 Å². The van der Waals surface area contributed by atoms with E-state index in [-0.39, 0.29) is 11.8 Å². The van der Waals surface area contributed by atoms with Crippen molar-refractivity contribution in [3.63, 3.8) is 0 Å². The zero-order valence-corrected chi connectivity index (χ0v) is 16.3. The molecule has 0 radical (unpaired) electrons. The molecule has 0 aliphatic heterocycles. The Morgan fingerprint density at radius 1 is 0.840 bits per heavy atom. The van der Waals surface area contributed by atoms with Gasteiger partial charge in [-0.1, -0.05) is 65.7 Å². The van der Waals surface area contributed by atoms with Gasteiger partial charge in [0, 0.05) is 6.42 Å². The highest BCUT2D eigenvalue weighted by Crippen LogP contribution is 2.09. The van der Waals surface area contributed by atoms with Crippen LogP contribution in [0.25, 0.3) is 0 Å². The monoisotopic (exact) mass is 356 g/mol. The van der Waals surface area contributed by atoms with E-state index in [1.54, 1.807) is 20.8 Å². The Morgan fingerprint density at radius 3 is 1.84 bits per heavy atom. The van der Waals surface area contributed by atoms with Crippen LogP contribution in [0.2, 0.25) is 0 Å². The first-order valence-electron chi connectivity index (χ1n) is 9.62. The van der Waals surface area contributed by atoms with Crippen molar-refractivity contribution in [2.24, 2.45) is 5.92 Å². The van der Waals surface area contributed by atoms with Gasteiger partial charge in [0.25, 0.3) is 0 Å². The van der Waals surface area contributed by atoms with E-state index in [4.69, 9.17) is 5.11 Å². The fourth-order valence-corrected chi connectivity index (χ4v) is 2.59. The van der Waals surface area contributed by atoms with Crippen LogP contribution in [0, 0.1) is 5.92 Å². The second-order valence-electron chi connectivity index (χ2n) is 7.08. The molecule has 0 unspecified atom stereocenters. The summed E-state index contributed by atoms with van der Waals surface area (Å²) in [6.45, 7) is 7.22. The molecule has 6 nitrogen and oxygen atoms in total. The largest absolute Gasteiger partial charge is 0.480 e. The molecule has 0 aromatic heterocycles. The van der Waals surface area contributed by atoms with E-state index >= 15 is 0 Å². The number of hydrogen-bond donors (Lipinski definition) is 3. The molecule has 0 bridgehead atoms. The lowest BCUT2D eigenvalue weighted by molar-refractivity contribution is -0.143. The number of hydrogen-bond acceptors (Lipinski definition) is 3. The molecular weight excluding hydrogens is 320 g/mol. The van der Waals surface area contributed by atoms with E-state index in [0.717, 1.165) is 19.3 Å². The lowest BCUT2D eigenvalue weighted by atomic mass is 10.0. The number of carboxylic acids is 1. The number of aliphatic carboxylic acids is 1. The average Bonchev–Trinajstić information content (AvgIpc) is 2.54. The van der Waals surface area contributed by atoms with Crippen molar-refractivity contribution in [3.8, 4) is 0 Å². The third-order valence-electron chi connectivity index (χ3n) is 4.26. The van der Waals surface area contributed by atoms with Gasteiger partial charge in [-0.15, -0.1) is 0 Å². The first-order valence-corrected chi connectivity index (χ1v) is 9.62. The van der Waals surface area contributed by atoms with E-state index in [0.29, 0.717) is 6.42 Å². The molecular formula is C19H36N2O4. The Balaban J connectivity index is 3.93. The van der Waals surface area contributed by atoms with Gasteiger partial charge in [-0.3, -0.25) is 9.59 Å². The highest BCUT2D eigenvalue weighted by molar-refractivity contribution is 5.90. The van der Waals surface area contributed by atoms with Crippen molar-refractivity contribution in [1.29, 1.82) is 0 Å². The Hall–Kier alpha value is -1.59. The fraction of sp³-hybridized carbons (Fsp3) is 0.842. The van der Waals surface area contributed by atoms with Crippen LogP contribution in [0.4, 0.5) is 0 Å². The third kappa shape index (κ3) is 11.6. The zero-order valence-electron chi connectivity index (χ0n) is 16.3. The van der Waals surface area contributed by atoms with Gasteiger partial charge in [-0.05, 0) is 19.3 Å². The van der Waals surface area contributed by atoms with Gasteiger partial charge in [-0.25, -0.2) is 4.79 Å². The van der Waals surface area contributed by atoms with Crippen molar-refractivity contribution in [2.75, 3.05) is 0 Å². The molecule has 0 aliphatic carbocycles. The SMILES string of the molecule is CCCCCCCCCCC(=O)N[C@@H](C)C(=O)N[C@H](C(=O)O)C(C)C. The van der Waals surface area contributed by atoms with Gasteiger partial charge in [0.05, 0.1) is 0 Å². The summed E-state index contributed by atoms with van der Waals surface area (Å²) in [7, 11) is 0. The molecule has 0 fully saturated rings. The lowest BCUT2D eigenvalue weighted by Gasteiger charge is -2.21. The second kappa shape index (κ2) is 13.7. The first kappa shape index (κ1) is 23.4. The van der Waals surface area contributed by atoms with Gasteiger partial charge in [0.2, 0.25) is 11.8 Å². The number of rotatable bonds is 14. The summed E-state index contributed by atoms with van der Waals surface area (Å²) in [5.74, 6) is -1.92. The summed E-state index contributed by atoms with van der Waals surface area (Å²) in [6.07, 6.45) is 9.69. The van der Waals surface area contributed by atoms with Crippen LogP contribution < -0.4 is 10.6 Å². The molecule has 0 aromatic carbocycles. The van der Waals surface area contributed by atoms with Crippen LogP contribution in [0.15, 0.2) is 0 Å². The Kier molecular flexibility index (Phi) is 12.8. The molecule has 146 valence electrons. The summed E-state index contributed by atoms with van der Waals surface area (Å²) in [6, 6.07) is -1.68. The van der Waals surface area contributed by atoms with Crippen molar-refractivity contribution in [1.82, 2.24) is 10.6 Å². The summed E-state index contributed by atoms with van der Waals surface area (Å²) >= 11 is 0. The third-order valence-corrected chi connectivity index (χ3v) is 4.26. The van der Waals surface area contributed by atoms with Gasteiger partial charge >= 0.3 is 5.97 Å². The van der Waals surface area contributed by atoms with Crippen molar-refractivity contribution in [3.05, 3.63) is 0 Å². The van der Waals surface area contributed by atoms with Crippen molar-refractivity contribution < 1.29 is 19.5 Å². The summed E-state index contributed by atoms with van der Waals surface area (Å²) in [5, 5.41) is 14.2. The number of carbonyl (C=O) groups is 3. The first-order chi connectivity index (χ1) is 11.8. The molecule has 6 heteroatoms. The zero-order chi connectivity index (χ0) is 19.2. The molecule has 0 rings (SSSR count). The van der Waals surface area contributed by atoms with E-state index in [9.17, 15) is 14.4 Å². The van der Waals surface area contributed by atoms with Crippen LogP contribution >= 0.6 is 0 Å². The normalized spacial score (nSPS) is 13.3. The van der Waals surface area contributed by atoms with Gasteiger partial charge in [0.15, 0.2) is 0 Å². The minimum Gasteiger partial charge on any atom is -0.480 e. The molecule has 0 spiro atoms. The van der Waals surface area contributed by atoms with Gasteiger partial charge in [-0.2, -0.15) is 0 Å². The molecule has 25 heavy (non-hydrogen) atoms. The van der Waals surface area contributed by atoms with Gasteiger partial charge < -0.3 is 15.7 Å². The molecule has 0 saturated heterocycles. The molecule has 0 saturated carbocycles. The summed E-state index contributed by atoms with van der Waals surface area (Å²) in [5.41, 5.74) is 0. The molecule has 2 atom stereocenters. The van der Waals surface area contributed by atoms with E-state index in [1.165, 1.54) is 32.1 Å². The van der Waals surface area contributed by atoms with Crippen molar-refractivity contribution >= 4 is 17.8 Å². The minimum atomic E-state index is -1.07. The average molecular weight is 357 g/mol. The van der Waals surface area contributed by atoms with Crippen LogP contribution in [0.1, 0.15) is 85.5 Å². The smallest absolute Gasteiger partial charge is 0.326 e. The number of carbonyl (C=O) groups excluding carboxylic acids is 2. The van der Waals surface area contributed by atoms with Crippen molar-refractivity contribution in [2.45, 2.75) is 97.6 Å². The van der Waals surface area contributed by atoms with Crippen LogP contribution in [0.5, 0.6) is 0 Å². The Bertz CT molecular complexity index is 410. The van der Waals surface area contributed by atoms with Gasteiger partial charge in [0.1, 0.15) is 12.1 Å². The molecule has 3 N–H and O–H groups in total. The maximum Gasteiger partial charge on any atom is 0.326 e. The minimum absolute atomic E-state index is 0.162. The van der Waals surface area contributed by atoms with Crippen LogP contribution in [-0.4, -0.2) is 35.0 Å². The maximum absolute atomic E-state index is 12.0. The number of carboxylic acid groups (broad SMARTS) is 1.